The number of carbonyl (C=O) groups excluding carboxylic acids is 1. The first-order valence-electron chi connectivity index (χ1n) is 4.31. The van der Waals surface area contributed by atoms with Crippen LogP contribution in [0.3, 0.4) is 0 Å². The first kappa shape index (κ1) is 10.2. The number of nitrogens with zero attached hydrogens (tertiary/aromatic N) is 1. The summed E-state index contributed by atoms with van der Waals surface area (Å²) in [6, 6.07) is 0. The highest BCUT2D eigenvalue weighted by Gasteiger charge is 2.06. The standard InChI is InChI=1S/C9H13NO2S/c1-3-4-8(11)5-10-7(2)6-13-9(10)12/h6H,3-5H2,1-2H3. The Morgan fingerprint density at radius 1 is 1.62 bits per heavy atom. The lowest BCUT2D eigenvalue weighted by Gasteiger charge is -2.01. The summed E-state index contributed by atoms with van der Waals surface area (Å²) in [4.78, 5) is 22.4. The minimum absolute atomic E-state index is 0.0399. The van der Waals surface area contributed by atoms with E-state index in [0.717, 1.165) is 23.5 Å². The summed E-state index contributed by atoms with van der Waals surface area (Å²) in [6.07, 6.45) is 1.40. The summed E-state index contributed by atoms with van der Waals surface area (Å²) < 4.78 is 1.53. The average molecular weight is 199 g/mol. The Hall–Kier alpha value is -0.900. The van der Waals surface area contributed by atoms with E-state index in [1.807, 2.05) is 13.8 Å². The minimum atomic E-state index is -0.0399. The van der Waals surface area contributed by atoms with E-state index in [2.05, 4.69) is 0 Å². The third kappa shape index (κ3) is 2.52. The normalized spacial score (nSPS) is 10.3. The first-order chi connectivity index (χ1) is 6.15. The molecule has 0 aromatic carbocycles. The van der Waals surface area contributed by atoms with Gasteiger partial charge in [-0.1, -0.05) is 18.3 Å². The van der Waals surface area contributed by atoms with Gasteiger partial charge in [-0.05, 0) is 13.3 Å². The summed E-state index contributed by atoms with van der Waals surface area (Å²) in [5, 5.41) is 1.78. The molecule has 0 aliphatic carbocycles. The van der Waals surface area contributed by atoms with Gasteiger partial charge in [-0.25, -0.2) is 0 Å². The van der Waals surface area contributed by atoms with Crippen molar-refractivity contribution < 1.29 is 4.79 Å². The van der Waals surface area contributed by atoms with Gasteiger partial charge >= 0.3 is 4.87 Å². The van der Waals surface area contributed by atoms with E-state index in [0.29, 0.717) is 6.42 Å². The average Bonchev–Trinajstić information content (AvgIpc) is 2.36. The SMILES string of the molecule is CCCC(=O)Cn1c(C)csc1=O. The Morgan fingerprint density at radius 3 is 2.77 bits per heavy atom. The van der Waals surface area contributed by atoms with Gasteiger partial charge in [-0.15, -0.1) is 0 Å². The molecular formula is C9H13NO2S. The molecule has 0 saturated carbocycles. The number of ketones is 1. The highest BCUT2D eigenvalue weighted by atomic mass is 32.1. The van der Waals surface area contributed by atoms with E-state index >= 15 is 0 Å². The van der Waals surface area contributed by atoms with Crippen LogP contribution >= 0.6 is 11.3 Å². The predicted octanol–water partition coefficient (Wildman–Crippen LogP) is 1.59. The molecule has 4 heteroatoms. The van der Waals surface area contributed by atoms with Gasteiger partial charge in [-0.3, -0.25) is 14.2 Å². The van der Waals surface area contributed by atoms with Gasteiger partial charge in [0.15, 0.2) is 5.78 Å². The Kier molecular flexibility index (Phi) is 3.42. The molecule has 0 radical (unpaired) electrons. The lowest BCUT2D eigenvalue weighted by atomic mass is 10.2. The molecule has 0 N–H and O–H groups in total. The van der Waals surface area contributed by atoms with Crippen LogP contribution in [-0.4, -0.2) is 10.4 Å². The third-order valence-electron chi connectivity index (χ3n) is 1.84. The second kappa shape index (κ2) is 4.37. The lowest BCUT2D eigenvalue weighted by molar-refractivity contribution is -0.119. The van der Waals surface area contributed by atoms with Gasteiger partial charge in [0.05, 0.1) is 6.54 Å². The Bertz CT molecular complexity index is 351. The first-order valence-corrected chi connectivity index (χ1v) is 5.19. The number of carbonyl (C=O) groups is 1. The fourth-order valence-electron chi connectivity index (χ4n) is 1.13. The van der Waals surface area contributed by atoms with Crippen molar-refractivity contribution in [2.24, 2.45) is 0 Å². The number of thiazole rings is 1. The van der Waals surface area contributed by atoms with Crippen molar-refractivity contribution >= 4 is 17.1 Å². The maximum atomic E-state index is 11.3. The quantitative estimate of drug-likeness (QED) is 0.738. The van der Waals surface area contributed by atoms with Crippen LogP contribution in [0, 0.1) is 6.92 Å². The maximum absolute atomic E-state index is 11.3. The molecule has 0 unspecified atom stereocenters. The topological polar surface area (TPSA) is 39.1 Å². The molecule has 13 heavy (non-hydrogen) atoms. The Labute approximate surface area is 81.0 Å². The Morgan fingerprint density at radius 2 is 2.31 bits per heavy atom. The second-order valence-corrected chi connectivity index (χ2v) is 3.84. The lowest BCUT2D eigenvalue weighted by Crippen LogP contribution is -2.20. The van der Waals surface area contributed by atoms with Crippen molar-refractivity contribution in [1.29, 1.82) is 0 Å². The van der Waals surface area contributed by atoms with Crippen molar-refractivity contribution in [1.82, 2.24) is 4.57 Å². The van der Waals surface area contributed by atoms with Gasteiger partial charge in [0.1, 0.15) is 0 Å². The summed E-state index contributed by atoms with van der Waals surface area (Å²) >= 11 is 1.15. The maximum Gasteiger partial charge on any atom is 0.307 e. The van der Waals surface area contributed by atoms with Crippen molar-refractivity contribution in [2.45, 2.75) is 33.2 Å². The van der Waals surface area contributed by atoms with Crippen LogP contribution in [0.2, 0.25) is 0 Å². The van der Waals surface area contributed by atoms with Crippen LogP contribution in [-0.2, 0) is 11.3 Å². The van der Waals surface area contributed by atoms with Crippen molar-refractivity contribution in [3.63, 3.8) is 0 Å². The van der Waals surface area contributed by atoms with E-state index in [1.54, 1.807) is 5.38 Å². The van der Waals surface area contributed by atoms with E-state index in [9.17, 15) is 9.59 Å². The molecule has 0 bridgehead atoms. The van der Waals surface area contributed by atoms with Gasteiger partial charge in [-0.2, -0.15) is 0 Å². The van der Waals surface area contributed by atoms with Gasteiger partial charge in [0, 0.05) is 17.5 Å². The molecule has 1 heterocycles. The number of hydrogen-bond donors (Lipinski definition) is 0. The zero-order valence-electron chi connectivity index (χ0n) is 7.87. The van der Waals surface area contributed by atoms with Crippen LogP contribution in [0.5, 0.6) is 0 Å². The fraction of sp³-hybridized carbons (Fsp3) is 0.556. The fourth-order valence-corrected chi connectivity index (χ4v) is 1.86. The predicted molar refractivity (Wildman–Crippen MR) is 53.2 cm³/mol. The zero-order chi connectivity index (χ0) is 9.84. The molecule has 0 atom stereocenters. The minimum Gasteiger partial charge on any atom is -0.298 e. The summed E-state index contributed by atoms with van der Waals surface area (Å²) in [5.41, 5.74) is 0.874. The van der Waals surface area contributed by atoms with Gasteiger partial charge in [0.2, 0.25) is 0 Å². The van der Waals surface area contributed by atoms with Crippen molar-refractivity contribution in [3.05, 3.63) is 20.7 Å². The molecule has 0 fully saturated rings. The van der Waals surface area contributed by atoms with E-state index < -0.39 is 0 Å². The molecule has 0 saturated heterocycles. The van der Waals surface area contributed by atoms with Crippen LogP contribution in [0.15, 0.2) is 10.2 Å². The number of aromatic nitrogens is 1. The summed E-state index contributed by atoms with van der Waals surface area (Å²) in [7, 11) is 0. The number of rotatable bonds is 4. The van der Waals surface area contributed by atoms with E-state index in [-0.39, 0.29) is 17.2 Å². The van der Waals surface area contributed by atoms with Gasteiger partial charge < -0.3 is 0 Å². The molecule has 1 aromatic heterocycles. The zero-order valence-corrected chi connectivity index (χ0v) is 8.69. The Balaban J connectivity index is 2.74. The van der Waals surface area contributed by atoms with E-state index in [1.165, 1.54) is 4.57 Å². The molecular weight excluding hydrogens is 186 g/mol. The molecule has 0 spiro atoms. The molecule has 72 valence electrons. The van der Waals surface area contributed by atoms with Crippen LogP contribution < -0.4 is 4.87 Å². The third-order valence-corrected chi connectivity index (χ3v) is 2.72. The van der Waals surface area contributed by atoms with Gasteiger partial charge in [0.25, 0.3) is 0 Å². The number of Topliss-reactive ketones (excluding diaryl/α,β-unsaturated/α-hetero) is 1. The molecule has 0 aliphatic rings. The smallest absolute Gasteiger partial charge is 0.298 e. The number of hydrogen-bond acceptors (Lipinski definition) is 3. The highest BCUT2D eigenvalue weighted by molar-refractivity contribution is 7.07. The molecule has 1 aromatic rings. The monoisotopic (exact) mass is 199 g/mol. The van der Waals surface area contributed by atoms with Crippen LogP contribution in [0.1, 0.15) is 25.5 Å². The van der Waals surface area contributed by atoms with Crippen molar-refractivity contribution in [3.8, 4) is 0 Å². The van der Waals surface area contributed by atoms with Crippen LogP contribution in [0.4, 0.5) is 0 Å². The van der Waals surface area contributed by atoms with E-state index in [4.69, 9.17) is 0 Å². The molecule has 1 rings (SSSR count). The molecule has 3 nitrogen and oxygen atoms in total. The largest absolute Gasteiger partial charge is 0.307 e. The molecule has 0 amide bonds. The summed E-state index contributed by atoms with van der Waals surface area (Å²) in [5.74, 6) is 0.131. The molecule has 0 aliphatic heterocycles. The highest BCUT2D eigenvalue weighted by Crippen LogP contribution is 2.01. The second-order valence-electron chi connectivity index (χ2n) is 3.02. The van der Waals surface area contributed by atoms with Crippen LogP contribution in [0.25, 0.3) is 0 Å². The van der Waals surface area contributed by atoms with Crippen molar-refractivity contribution in [2.75, 3.05) is 0 Å². The summed E-state index contributed by atoms with van der Waals surface area (Å²) in [6.45, 7) is 4.04. The number of aryl methyl sites for hydroxylation is 1.